The summed E-state index contributed by atoms with van der Waals surface area (Å²) in [5.74, 6) is 1.04. The third kappa shape index (κ3) is 4.54. The van der Waals surface area contributed by atoms with Crippen molar-refractivity contribution in [1.29, 1.82) is 0 Å². The summed E-state index contributed by atoms with van der Waals surface area (Å²) in [4.78, 5) is 9.10. The number of halogens is 1. The molecule has 1 aromatic carbocycles. The molecule has 0 aliphatic carbocycles. The zero-order chi connectivity index (χ0) is 13.6. The van der Waals surface area contributed by atoms with Gasteiger partial charge in [0.1, 0.15) is 5.84 Å². The van der Waals surface area contributed by atoms with Crippen LogP contribution in [0.15, 0.2) is 40.7 Å². The molecule has 1 aliphatic rings. The molecule has 0 spiro atoms. The Morgan fingerprint density at radius 2 is 1.86 bits per heavy atom. The van der Waals surface area contributed by atoms with E-state index in [4.69, 9.17) is 0 Å². The predicted octanol–water partition coefficient (Wildman–Crippen LogP) is 0.703. The molecule has 2 N–H and O–H groups in total. The van der Waals surface area contributed by atoms with E-state index in [1.807, 2.05) is 18.2 Å². The van der Waals surface area contributed by atoms with Gasteiger partial charge < -0.3 is 17.0 Å². The first-order valence-electron chi connectivity index (χ1n) is 6.98. The topological polar surface area (TPSA) is 49.3 Å². The number of hydrogen-bond donors (Lipinski definition) is 2. The summed E-state index contributed by atoms with van der Waals surface area (Å²) in [5.41, 5.74) is 8.49. The molecule has 3 rings (SSSR count). The van der Waals surface area contributed by atoms with Gasteiger partial charge in [-0.25, -0.2) is 4.98 Å². The van der Waals surface area contributed by atoms with Crippen LogP contribution < -0.4 is 27.8 Å². The first kappa shape index (κ1) is 16.0. The van der Waals surface area contributed by atoms with Gasteiger partial charge in [0.25, 0.3) is 0 Å². The van der Waals surface area contributed by atoms with Gasteiger partial charge in [0.05, 0.1) is 5.69 Å². The van der Waals surface area contributed by atoms with Gasteiger partial charge in [0.15, 0.2) is 0 Å². The Kier molecular flexibility index (Phi) is 6.20. The maximum Gasteiger partial charge on any atom is 0.202 e. The molecule has 1 aromatic heterocycles. The van der Waals surface area contributed by atoms with Crippen LogP contribution in [0.2, 0.25) is 0 Å². The number of hydrogen-bond acceptors (Lipinski definition) is 5. The minimum atomic E-state index is 0. The van der Waals surface area contributed by atoms with E-state index in [0.29, 0.717) is 0 Å². The van der Waals surface area contributed by atoms with Crippen molar-refractivity contribution in [3.8, 4) is 11.3 Å². The average molecular weight is 366 g/mol. The van der Waals surface area contributed by atoms with E-state index in [0.717, 1.165) is 35.2 Å². The van der Waals surface area contributed by atoms with E-state index < -0.39 is 0 Å². The Morgan fingerprint density at radius 3 is 2.71 bits per heavy atom. The number of rotatable bonds is 3. The number of nitrogens with zero attached hydrogens (tertiary/aromatic N) is 2. The van der Waals surface area contributed by atoms with Gasteiger partial charge in [-0.15, -0.1) is 11.3 Å². The summed E-state index contributed by atoms with van der Waals surface area (Å²) >= 11 is 1.60. The molecule has 0 amide bonds. The van der Waals surface area contributed by atoms with E-state index in [2.05, 4.69) is 38.3 Å². The van der Waals surface area contributed by atoms with E-state index in [1.165, 1.54) is 19.3 Å². The lowest BCUT2D eigenvalue weighted by atomic mass is 10.2. The maximum atomic E-state index is 4.58. The Labute approximate surface area is 139 Å². The molecule has 4 nitrogen and oxygen atoms in total. The number of amidine groups is 1. The fourth-order valence-electron chi connectivity index (χ4n) is 2.17. The Hall–Kier alpha value is -1.40. The van der Waals surface area contributed by atoms with Crippen LogP contribution in [-0.2, 0) is 0 Å². The Balaban J connectivity index is 0.00000161. The molecule has 0 bridgehead atoms. The molecule has 2 aromatic rings. The minimum Gasteiger partial charge on any atom is -1.00 e. The second kappa shape index (κ2) is 8.14. The van der Waals surface area contributed by atoms with Gasteiger partial charge in [-0.2, -0.15) is 0 Å². The van der Waals surface area contributed by atoms with Crippen LogP contribution in [0.4, 0.5) is 5.13 Å². The summed E-state index contributed by atoms with van der Waals surface area (Å²) < 4.78 is 0. The number of aliphatic imine (C=N–C) groups is 1. The zero-order valence-electron chi connectivity index (χ0n) is 11.7. The van der Waals surface area contributed by atoms with E-state index in [1.54, 1.807) is 11.3 Å². The first-order valence-corrected chi connectivity index (χ1v) is 7.86. The molecule has 21 heavy (non-hydrogen) atoms. The summed E-state index contributed by atoms with van der Waals surface area (Å²) in [6.45, 7) is 0.928. The van der Waals surface area contributed by atoms with Crippen molar-refractivity contribution in [2.75, 3.05) is 12.0 Å². The largest absolute Gasteiger partial charge is 1.00 e. The van der Waals surface area contributed by atoms with E-state index in [9.17, 15) is 0 Å². The summed E-state index contributed by atoms with van der Waals surface area (Å²) in [5, 5.41) is 2.93. The highest BCUT2D eigenvalue weighted by molar-refractivity contribution is 7.14. The van der Waals surface area contributed by atoms with Crippen molar-refractivity contribution >= 4 is 22.3 Å². The molecule has 0 saturated carbocycles. The summed E-state index contributed by atoms with van der Waals surface area (Å²) in [6.07, 6.45) is 4.69. The van der Waals surface area contributed by atoms with Crippen molar-refractivity contribution in [1.82, 2.24) is 10.4 Å². The normalized spacial score (nSPS) is 14.6. The smallest absolute Gasteiger partial charge is 0.202 e. The molecular weight excluding hydrogens is 348 g/mol. The molecule has 2 heterocycles. The SMILES string of the molecule is [Br-].c1ccc(-c2csc(NNC3=NCCCCC3)n2)cc1. The lowest BCUT2D eigenvalue weighted by Crippen LogP contribution is -3.00. The molecule has 112 valence electrons. The third-order valence-corrected chi connectivity index (χ3v) is 4.02. The molecule has 6 heteroatoms. The van der Waals surface area contributed by atoms with Crippen molar-refractivity contribution in [3.63, 3.8) is 0 Å². The molecule has 1 aliphatic heterocycles. The average Bonchev–Trinajstić information content (AvgIpc) is 2.82. The number of anilines is 1. The monoisotopic (exact) mass is 365 g/mol. The molecule has 0 saturated heterocycles. The van der Waals surface area contributed by atoms with Crippen molar-refractivity contribution in [3.05, 3.63) is 35.7 Å². The molecule has 0 radical (unpaired) electrons. The Bertz CT molecular complexity index is 582. The minimum absolute atomic E-state index is 0. The number of hydrazine groups is 1. The lowest BCUT2D eigenvalue weighted by Gasteiger charge is -2.08. The zero-order valence-corrected chi connectivity index (χ0v) is 14.1. The molecule has 0 unspecified atom stereocenters. The molecular formula is C15H18BrN4S-. The molecule has 0 fully saturated rings. The quantitative estimate of drug-likeness (QED) is 0.787. The number of nitrogens with one attached hydrogen (secondary N) is 2. The van der Waals surface area contributed by atoms with Crippen molar-refractivity contribution < 1.29 is 17.0 Å². The second-order valence-corrected chi connectivity index (χ2v) is 5.65. The van der Waals surface area contributed by atoms with Crippen molar-refractivity contribution in [2.24, 2.45) is 4.99 Å². The van der Waals surface area contributed by atoms with Crippen LogP contribution in [0.3, 0.4) is 0 Å². The van der Waals surface area contributed by atoms with Gasteiger partial charge in [-0.3, -0.25) is 15.8 Å². The van der Waals surface area contributed by atoms with Crippen LogP contribution in [-0.4, -0.2) is 17.4 Å². The van der Waals surface area contributed by atoms with Gasteiger partial charge in [-0.05, 0) is 12.8 Å². The standard InChI is InChI=1S/C15H18N4S.BrH/c1-3-7-12(8-4-1)13-11-20-15(17-13)19-18-14-9-5-2-6-10-16-14;/h1,3-4,7-8,11H,2,5-6,9-10H2,(H,16,18)(H,17,19);1H/p-1. The van der Waals surface area contributed by atoms with E-state index >= 15 is 0 Å². The highest BCUT2D eigenvalue weighted by Gasteiger charge is 2.06. The van der Waals surface area contributed by atoms with Crippen LogP contribution in [0.5, 0.6) is 0 Å². The first-order chi connectivity index (χ1) is 9.92. The number of benzene rings is 1. The maximum absolute atomic E-state index is 4.58. The predicted molar refractivity (Wildman–Crippen MR) is 85.1 cm³/mol. The second-order valence-electron chi connectivity index (χ2n) is 4.79. The molecule has 0 atom stereocenters. The van der Waals surface area contributed by atoms with E-state index in [-0.39, 0.29) is 17.0 Å². The van der Waals surface area contributed by atoms with Crippen LogP contribution in [0.1, 0.15) is 25.7 Å². The van der Waals surface area contributed by atoms with Crippen LogP contribution in [0, 0.1) is 0 Å². The fourth-order valence-corrected chi connectivity index (χ4v) is 2.85. The fraction of sp³-hybridized carbons (Fsp3) is 0.333. The highest BCUT2D eigenvalue weighted by atomic mass is 79.9. The van der Waals surface area contributed by atoms with Gasteiger partial charge in [-0.1, -0.05) is 36.8 Å². The highest BCUT2D eigenvalue weighted by Crippen LogP contribution is 2.24. The number of aromatic nitrogens is 1. The van der Waals surface area contributed by atoms with Gasteiger partial charge in [0.2, 0.25) is 5.13 Å². The Morgan fingerprint density at radius 1 is 1.00 bits per heavy atom. The summed E-state index contributed by atoms with van der Waals surface area (Å²) in [7, 11) is 0. The summed E-state index contributed by atoms with van der Waals surface area (Å²) in [6, 6.07) is 10.2. The lowest BCUT2D eigenvalue weighted by molar-refractivity contribution is -0.00000412. The van der Waals surface area contributed by atoms with Crippen LogP contribution in [0.25, 0.3) is 11.3 Å². The van der Waals surface area contributed by atoms with Gasteiger partial charge >= 0.3 is 0 Å². The van der Waals surface area contributed by atoms with Gasteiger partial charge in [0, 0.05) is 23.9 Å². The third-order valence-electron chi connectivity index (χ3n) is 3.26. The number of thiazole rings is 1. The van der Waals surface area contributed by atoms with Crippen LogP contribution >= 0.6 is 11.3 Å². The van der Waals surface area contributed by atoms with Crippen molar-refractivity contribution in [2.45, 2.75) is 25.7 Å².